The van der Waals surface area contributed by atoms with Crippen molar-refractivity contribution in [2.75, 3.05) is 0 Å². The maximum Gasteiger partial charge on any atom is 0.156 e. The van der Waals surface area contributed by atoms with Crippen LogP contribution >= 0.6 is 0 Å². The molecule has 0 aromatic carbocycles. The molecule has 3 nitrogen and oxygen atoms in total. The summed E-state index contributed by atoms with van der Waals surface area (Å²) in [5.74, 6) is 0.673. The summed E-state index contributed by atoms with van der Waals surface area (Å²) in [7, 11) is 0. The van der Waals surface area contributed by atoms with Crippen LogP contribution < -0.4 is 5.73 Å². The van der Waals surface area contributed by atoms with E-state index in [0.717, 1.165) is 0 Å². The molecule has 0 aliphatic carbocycles. The maximum atomic E-state index is 11.0. The summed E-state index contributed by atoms with van der Waals surface area (Å²) < 4.78 is 4.98. The van der Waals surface area contributed by atoms with Crippen LogP contribution in [0.25, 0.3) is 0 Å². The Hall–Kier alpha value is -1.09. The molecule has 11 heavy (non-hydrogen) atoms. The number of furan rings is 1. The lowest BCUT2D eigenvalue weighted by Crippen LogP contribution is -2.27. The zero-order valence-corrected chi connectivity index (χ0v) is 6.41. The van der Waals surface area contributed by atoms with Gasteiger partial charge in [0.25, 0.3) is 0 Å². The van der Waals surface area contributed by atoms with E-state index in [4.69, 9.17) is 10.2 Å². The monoisotopic (exact) mass is 153 g/mol. The lowest BCUT2D eigenvalue weighted by Gasteiger charge is -2.00. The van der Waals surface area contributed by atoms with Crippen molar-refractivity contribution in [1.29, 1.82) is 0 Å². The second-order valence-electron chi connectivity index (χ2n) is 2.51. The van der Waals surface area contributed by atoms with Gasteiger partial charge in [-0.15, -0.1) is 0 Å². The molecule has 1 atom stereocenters. The molecule has 1 heterocycles. The zero-order chi connectivity index (χ0) is 8.27. The van der Waals surface area contributed by atoms with Gasteiger partial charge in [0.1, 0.15) is 5.76 Å². The molecule has 0 aliphatic rings. The average molecular weight is 153 g/mol. The Labute approximate surface area is 65.2 Å². The maximum absolute atomic E-state index is 11.0. The van der Waals surface area contributed by atoms with E-state index in [1.165, 1.54) is 0 Å². The van der Waals surface area contributed by atoms with Crippen LogP contribution in [0.1, 0.15) is 12.7 Å². The summed E-state index contributed by atoms with van der Waals surface area (Å²) >= 11 is 0. The van der Waals surface area contributed by atoms with Crippen molar-refractivity contribution >= 4 is 5.78 Å². The second-order valence-corrected chi connectivity index (χ2v) is 2.51. The molecule has 2 N–H and O–H groups in total. The number of ketones is 1. The van der Waals surface area contributed by atoms with Crippen molar-refractivity contribution in [3.05, 3.63) is 24.2 Å². The van der Waals surface area contributed by atoms with Gasteiger partial charge >= 0.3 is 0 Å². The fourth-order valence-corrected chi connectivity index (χ4v) is 0.746. The summed E-state index contributed by atoms with van der Waals surface area (Å²) in [5, 5.41) is 0. The highest BCUT2D eigenvalue weighted by Gasteiger charge is 2.09. The first-order valence-electron chi connectivity index (χ1n) is 3.51. The average Bonchev–Trinajstić information content (AvgIpc) is 2.39. The van der Waals surface area contributed by atoms with Gasteiger partial charge in [-0.05, 0) is 19.1 Å². The Morgan fingerprint density at radius 1 is 1.82 bits per heavy atom. The Bertz CT molecular complexity index is 226. The molecule has 0 spiro atoms. The third-order valence-electron chi connectivity index (χ3n) is 1.44. The van der Waals surface area contributed by atoms with E-state index < -0.39 is 6.04 Å². The lowest BCUT2D eigenvalue weighted by atomic mass is 10.1. The van der Waals surface area contributed by atoms with Crippen molar-refractivity contribution in [2.24, 2.45) is 5.73 Å². The van der Waals surface area contributed by atoms with Gasteiger partial charge in [0.15, 0.2) is 5.78 Å². The van der Waals surface area contributed by atoms with E-state index in [1.807, 2.05) is 0 Å². The minimum Gasteiger partial charge on any atom is -0.469 e. The van der Waals surface area contributed by atoms with Gasteiger partial charge in [-0.2, -0.15) is 0 Å². The fraction of sp³-hybridized carbons (Fsp3) is 0.375. The van der Waals surface area contributed by atoms with Gasteiger partial charge in [-0.3, -0.25) is 4.79 Å². The topological polar surface area (TPSA) is 56.2 Å². The normalized spacial score (nSPS) is 12.9. The molecule has 0 radical (unpaired) electrons. The molecule has 0 aliphatic heterocycles. The minimum absolute atomic E-state index is 0.0000463. The predicted molar refractivity (Wildman–Crippen MR) is 41.1 cm³/mol. The third-order valence-corrected chi connectivity index (χ3v) is 1.44. The van der Waals surface area contributed by atoms with Crippen molar-refractivity contribution in [3.8, 4) is 0 Å². The molecule has 0 saturated carbocycles. The number of hydrogen-bond acceptors (Lipinski definition) is 3. The van der Waals surface area contributed by atoms with Crippen molar-refractivity contribution in [3.63, 3.8) is 0 Å². The molecule has 0 fully saturated rings. The number of carbonyl (C=O) groups is 1. The number of carbonyl (C=O) groups excluding carboxylic acids is 1. The van der Waals surface area contributed by atoms with Crippen LogP contribution in [0.2, 0.25) is 0 Å². The largest absolute Gasteiger partial charge is 0.469 e. The SMILES string of the molecule is C[C@H](N)C(=O)Cc1ccco1. The minimum atomic E-state index is -0.403. The van der Waals surface area contributed by atoms with Gasteiger partial charge in [-0.1, -0.05) is 0 Å². The van der Waals surface area contributed by atoms with Crippen LogP contribution in [0.3, 0.4) is 0 Å². The molecule has 0 saturated heterocycles. The van der Waals surface area contributed by atoms with E-state index in [-0.39, 0.29) is 5.78 Å². The molecule has 1 rings (SSSR count). The third kappa shape index (κ3) is 2.20. The number of hydrogen-bond donors (Lipinski definition) is 1. The second kappa shape index (κ2) is 3.34. The van der Waals surface area contributed by atoms with Crippen LogP contribution in [-0.4, -0.2) is 11.8 Å². The smallest absolute Gasteiger partial charge is 0.156 e. The van der Waals surface area contributed by atoms with Crippen LogP contribution in [-0.2, 0) is 11.2 Å². The number of nitrogens with two attached hydrogens (primary N) is 1. The Morgan fingerprint density at radius 2 is 2.55 bits per heavy atom. The van der Waals surface area contributed by atoms with Crippen LogP contribution in [0, 0.1) is 0 Å². The molecular formula is C8H11NO2. The van der Waals surface area contributed by atoms with E-state index in [9.17, 15) is 4.79 Å². The van der Waals surface area contributed by atoms with Gasteiger partial charge in [0, 0.05) is 0 Å². The predicted octanol–water partition coefficient (Wildman–Crippen LogP) is 0.738. The first-order valence-corrected chi connectivity index (χ1v) is 3.51. The number of Topliss-reactive ketones (excluding diaryl/α,β-unsaturated/α-hetero) is 1. The first-order chi connectivity index (χ1) is 5.20. The van der Waals surface area contributed by atoms with Crippen molar-refractivity contribution in [2.45, 2.75) is 19.4 Å². The lowest BCUT2D eigenvalue weighted by molar-refractivity contribution is -0.119. The van der Waals surface area contributed by atoms with E-state index in [0.29, 0.717) is 12.2 Å². The van der Waals surface area contributed by atoms with E-state index >= 15 is 0 Å². The first kappa shape index (κ1) is 8.01. The molecule has 3 heteroatoms. The molecule has 60 valence electrons. The van der Waals surface area contributed by atoms with E-state index in [1.54, 1.807) is 25.3 Å². The Morgan fingerprint density at radius 3 is 3.00 bits per heavy atom. The van der Waals surface area contributed by atoms with Gasteiger partial charge in [-0.25, -0.2) is 0 Å². The van der Waals surface area contributed by atoms with Gasteiger partial charge < -0.3 is 10.2 Å². The fourth-order valence-electron chi connectivity index (χ4n) is 0.746. The molecule has 1 aromatic heterocycles. The van der Waals surface area contributed by atoms with Crippen LogP contribution in [0.5, 0.6) is 0 Å². The van der Waals surface area contributed by atoms with E-state index in [2.05, 4.69) is 0 Å². The number of rotatable bonds is 3. The molecular weight excluding hydrogens is 142 g/mol. The van der Waals surface area contributed by atoms with Crippen LogP contribution in [0.4, 0.5) is 0 Å². The molecule has 0 bridgehead atoms. The van der Waals surface area contributed by atoms with Crippen molar-refractivity contribution in [1.82, 2.24) is 0 Å². The quantitative estimate of drug-likeness (QED) is 0.696. The highest BCUT2D eigenvalue weighted by Crippen LogP contribution is 2.01. The Balaban J connectivity index is 2.50. The molecule has 0 amide bonds. The van der Waals surface area contributed by atoms with Gasteiger partial charge in [0.2, 0.25) is 0 Å². The van der Waals surface area contributed by atoms with Gasteiger partial charge in [0.05, 0.1) is 18.7 Å². The summed E-state index contributed by atoms with van der Waals surface area (Å²) in [5.41, 5.74) is 5.36. The van der Waals surface area contributed by atoms with Crippen LogP contribution in [0.15, 0.2) is 22.8 Å². The summed E-state index contributed by atoms with van der Waals surface area (Å²) in [6.45, 7) is 1.67. The summed E-state index contributed by atoms with van der Waals surface area (Å²) in [6.07, 6.45) is 1.84. The Kier molecular flexibility index (Phi) is 2.44. The zero-order valence-electron chi connectivity index (χ0n) is 6.41. The highest BCUT2D eigenvalue weighted by molar-refractivity contribution is 5.84. The van der Waals surface area contributed by atoms with Crippen molar-refractivity contribution < 1.29 is 9.21 Å². The molecule has 1 aromatic rings. The summed E-state index contributed by atoms with van der Waals surface area (Å²) in [6, 6.07) is 3.12. The molecule has 0 unspecified atom stereocenters. The standard InChI is InChI=1S/C8H11NO2/c1-6(9)8(10)5-7-3-2-4-11-7/h2-4,6H,5,9H2,1H3/t6-/m0/s1. The highest BCUT2D eigenvalue weighted by atomic mass is 16.3. The summed E-state index contributed by atoms with van der Waals surface area (Å²) in [4.78, 5) is 11.0.